The molecule has 0 bridgehead atoms. The van der Waals surface area contributed by atoms with Crippen molar-refractivity contribution in [3.05, 3.63) is 71.3 Å². The summed E-state index contributed by atoms with van der Waals surface area (Å²) in [4.78, 5) is 12.0. The van der Waals surface area contributed by atoms with Crippen LogP contribution in [0.1, 0.15) is 27.6 Å². The molecule has 0 fully saturated rings. The number of carbonyl (C=O) groups excluding carboxylic acids is 1. The molecule has 2 aromatic rings. The van der Waals surface area contributed by atoms with Crippen molar-refractivity contribution in [3.8, 4) is 0 Å². The van der Waals surface area contributed by atoms with Crippen LogP contribution in [0.4, 0.5) is 0 Å². The van der Waals surface area contributed by atoms with Crippen molar-refractivity contribution in [2.75, 3.05) is 0 Å². The smallest absolute Gasteiger partial charge is 0.195 e. The SMILES string of the molecule is NCc1ccc(C(O)C(=O)c2ccccc2)cc1. The van der Waals surface area contributed by atoms with E-state index < -0.39 is 6.10 Å². The van der Waals surface area contributed by atoms with E-state index in [0.717, 1.165) is 5.56 Å². The van der Waals surface area contributed by atoms with Gasteiger partial charge >= 0.3 is 0 Å². The molecule has 3 heteroatoms. The van der Waals surface area contributed by atoms with Gasteiger partial charge in [0.1, 0.15) is 6.10 Å². The molecule has 0 aliphatic carbocycles. The number of aliphatic hydroxyl groups excluding tert-OH is 1. The van der Waals surface area contributed by atoms with Crippen molar-refractivity contribution < 1.29 is 9.90 Å². The number of aliphatic hydroxyl groups is 1. The summed E-state index contributed by atoms with van der Waals surface area (Å²) in [7, 11) is 0. The second-order valence-electron chi connectivity index (χ2n) is 4.08. The molecule has 0 spiro atoms. The Kier molecular flexibility index (Phi) is 3.87. The Morgan fingerprint density at radius 1 is 1.06 bits per heavy atom. The van der Waals surface area contributed by atoms with Crippen LogP contribution in [0, 0.1) is 0 Å². The quantitative estimate of drug-likeness (QED) is 0.805. The summed E-state index contributed by atoms with van der Waals surface area (Å²) in [5.74, 6) is -0.295. The lowest BCUT2D eigenvalue weighted by molar-refractivity contribution is 0.0747. The topological polar surface area (TPSA) is 63.3 Å². The summed E-state index contributed by atoms with van der Waals surface area (Å²) in [6.45, 7) is 0.447. The maximum absolute atomic E-state index is 12.0. The van der Waals surface area contributed by atoms with Gasteiger partial charge in [0, 0.05) is 12.1 Å². The van der Waals surface area contributed by atoms with Gasteiger partial charge in [0.2, 0.25) is 0 Å². The minimum Gasteiger partial charge on any atom is -0.380 e. The van der Waals surface area contributed by atoms with Gasteiger partial charge < -0.3 is 10.8 Å². The van der Waals surface area contributed by atoms with E-state index in [1.807, 2.05) is 18.2 Å². The molecule has 0 aliphatic heterocycles. The Labute approximate surface area is 106 Å². The summed E-state index contributed by atoms with van der Waals surface area (Å²) >= 11 is 0. The van der Waals surface area contributed by atoms with E-state index in [-0.39, 0.29) is 5.78 Å². The summed E-state index contributed by atoms with van der Waals surface area (Å²) < 4.78 is 0. The molecule has 0 saturated carbocycles. The lowest BCUT2D eigenvalue weighted by Gasteiger charge is -2.10. The number of Topliss-reactive ketones (excluding diaryl/α,β-unsaturated/α-hetero) is 1. The van der Waals surface area contributed by atoms with E-state index in [0.29, 0.717) is 17.7 Å². The third kappa shape index (κ3) is 2.64. The monoisotopic (exact) mass is 241 g/mol. The lowest BCUT2D eigenvalue weighted by Crippen LogP contribution is -2.12. The third-order valence-corrected chi connectivity index (χ3v) is 2.84. The van der Waals surface area contributed by atoms with Gasteiger partial charge in [0.25, 0.3) is 0 Å². The van der Waals surface area contributed by atoms with Crippen molar-refractivity contribution in [1.29, 1.82) is 0 Å². The number of hydrogen-bond acceptors (Lipinski definition) is 3. The van der Waals surface area contributed by atoms with E-state index in [1.54, 1.807) is 36.4 Å². The summed E-state index contributed by atoms with van der Waals surface area (Å²) in [6, 6.07) is 15.9. The molecular formula is C15H15NO2. The maximum Gasteiger partial charge on any atom is 0.195 e. The fourth-order valence-electron chi connectivity index (χ4n) is 1.75. The van der Waals surface area contributed by atoms with E-state index >= 15 is 0 Å². The predicted octanol–water partition coefficient (Wildman–Crippen LogP) is 2.06. The molecule has 0 amide bonds. The van der Waals surface area contributed by atoms with Crippen LogP contribution in [0.15, 0.2) is 54.6 Å². The Morgan fingerprint density at radius 2 is 1.67 bits per heavy atom. The summed E-state index contributed by atoms with van der Waals surface area (Å²) in [5, 5.41) is 10.0. The first-order valence-corrected chi connectivity index (χ1v) is 5.78. The van der Waals surface area contributed by atoms with E-state index in [2.05, 4.69) is 0 Å². The molecule has 0 aliphatic rings. The molecule has 1 unspecified atom stereocenters. The Bertz CT molecular complexity index is 520. The van der Waals surface area contributed by atoms with Gasteiger partial charge in [-0.2, -0.15) is 0 Å². The molecule has 1 atom stereocenters. The standard InChI is InChI=1S/C15H15NO2/c16-10-11-6-8-13(9-7-11)15(18)14(17)12-4-2-1-3-5-12/h1-9,15,18H,10,16H2. The van der Waals surface area contributed by atoms with Gasteiger partial charge in [-0.1, -0.05) is 54.6 Å². The van der Waals surface area contributed by atoms with Gasteiger partial charge in [-0.15, -0.1) is 0 Å². The molecular weight excluding hydrogens is 226 g/mol. The predicted molar refractivity (Wildman–Crippen MR) is 70.1 cm³/mol. The van der Waals surface area contributed by atoms with Crippen LogP contribution in [-0.2, 0) is 6.54 Å². The first-order valence-electron chi connectivity index (χ1n) is 5.78. The van der Waals surface area contributed by atoms with Crippen molar-refractivity contribution in [3.63, 3.8) is 0 Å². The fourth-order valence-corrected chi connectivity index (χ4v) is 1.75. The highest BCUT2D eigenvalue weighted by atomic mass is 16.3. The van der Waals surface area contributed by atoms with Crippen molar-refractivity contribution in [1.82, 2.24) is 0 Å². The van der Waals surface area contributed by atoms with Crippen LogP contribution in [0.3, 0.4) is 0 Å². The van der Waals surface area contributed by atoms with Gasteiger partial charge in [-0.25, -0.2) is 0 Å². The highest BCUT2D eigenvalue weighted by Crippen LogP contribution is 2.18. The first-order chi connectivity index (χ1) is 8.72. The number of carbonyl (C=O) groups is 1. The minimum absolute atomic E-state index is 0.295. The van der Waals surface area contributed by atoms with Crippen LogP contribution in [0.2, 0.25) is 0 Å². The van der Waals surface area contributed by atoms with Gasteiger partial charge in [0.05, 0.1) is 0 Å². The second kappa shape index (κ2) is 5.58. The first kappa shape index (κ1) is 12.5. The highest BCUT2D eigenvalue weighted by Gasteiger charge is 2.18. The normalized spacial score (nSPS) is 12.1. The van der Waals surface area contributed by atoms with Crippen LogP contribution >= 0.6 is 0 Å². The lowest BCUT2D eigenvalue weighted by atomic mass is 9.99. The molecule has 2 aromatic carbocycles. The number of ketones is 1. The van der Waals surface area contributed by atoms with Gasteiger partial charge in [-0.3, -0.25) is 4.79 Å². The van der Waals surface area contributed by atoms with Crippen molar-refractivity contribution >= 4 is 5.78 Å². The maximum atomic E-state index is 12.0. The fraction of sp³-hybridized carbons (Fsp3) is 0.133. The second-order valence-corrected chi connectivity index (χ2v) is 4.08. The highest BCUT2D eigenvalue weighted by molar-refractivity contribution is 5.99. The number of nitrogens with two attached hydrogens (primary N) is 1. The Balaban J connectivity index is 2.20. The zero-order valence-electron chi connectivity index (χ0n) is 9.91. The molecule has 2 rings (SSSR count). The number of benzene rings is 2. The molecule has 18 heavy (non-hydrogen) atoms. The molecule has 3 N–H and O–H groups in total. The third-order valence-electron chi connectivity index (χ3n) is 2.84. The Hall–Kier alpha value is -1.97. The average Bonchev–Trinajstić information content (AvgIpc) is 2.47. The molecule has 0 aromatic heterocycles. The Morgan fingerprint density at radius 3 is 2.22 bits per heavy atom. The summed E-state index contributed by atoms with van der Waals surface area (Å²) in [5.41, 5.74) is 7.56. The van der Waals surface area contributed by atoms with E-state index in [1.165, 1.54) is 0 Å². The largest absolute Gasteiger partial charge is 0.380 e. The molecule has 92 valence electrons. The van der Waals surface area contributed by atoms with Crippen LogP contribution in [0.25, 0.3) is 0 Å². The van der Waals surface area contributed by atoms with E-state index in [4.69, 9.17) is 5.73 Å². The van der Waals surface area contributed by atoms with Gasteiger partial charge in [-0.05, 0) is 11.1 Å². The molecule has 0 heterocycles. The van der Waals surface area contributed by atoms with Crippen LogP contribution in [0.5, 0.6) is 0 Å². The number of rotatable bonds is 4. The zero-order valence-corrected chi connectivity index (χ0v) is 9.91. The van der Waals surface area contributed by atoms with Crippen molar-refractivity contribution in [2.45, 2.75) is 12.6 Å². The molecule has 0 radical (unpaired) electrons. The molecule has 3 nitrogen and oxygen atoms in total. The van der Waals surface area contributed by atoms with Gasteiger partial charge in [0.15, 0.2) is 5.78 Å². The van der Waals surface area contributed by atoms with Crippen LogP contribution < -0.4 is 5.73 Å². The zero-order chi connectivity index (χ0) is 13.0. The molecule has 0 saturated heterocycles. The van der Waals surface area contributed by atoms with E-state index in [9.17, 15) is 9.90 Å². The number of hydrogen-bond donors (Lipinski definition) is 2. The van der Waals surface area contributed by atoms with Crippen molar-refractivity contribution in [2.24, 2.45) is 5.73 Å². The minimum atomic E-state index is -1.13. The summed E-state index contributed by atoms with van der Waals surface area (Å²) in [6.07, 6.45) is -1.13. The average molecular weight is 241 g/mol. The van der Waals surface area contributed by atoms with Crippen LogP contribution in [-0.4, -0.2) is 10.9 Å².